The minimum atomic E-state index is -1.88. The number of nitrogens with one attached hydrogen (secondary N) is 7. The molecule has 0 aliphatic heterocycles. The molecule has 0 saturated heterocycles. The summed E-state index contributed by atoms with van der Waals surface area (Å²) in [6.45, 7) is 6.19. The van der Waals surface area contributed by atoms with Gasteiger partial charge >= 0.3 is 11.9 Å². The molecule has 0 unspecified atom stereocenters. The molecule has 0 radical (unpaired) electrons. The Bertz CT molecular complexity index is 2600. The Balaban J connectivity index is 1.28. The van der Waals surface area contributed by atoms with Crippen molar-refractivity contribution >= 4 is 41.5 Å². The van der Waals surface area contributed by atoms with Crippen LogP contribution in [0.1, 0.15) is 86.8 Å². The Morgan fingerprint density at radius 3 is 1.05 bits per heavy atom. The van der Waals surface area contributed by atoms with E-state index in [2.05, 4.69) is 37.7 Å². The van der Waals surface area contributed by atoms with Gasteiger partial charge in [0.1, 0.15) is 34.8 Å². The van der Waals surface area contributed by atoms with Crippen molar-refractivity contribution in [1.82, 2.24) is 37.7 Å². The number of rotatable bonds is 23. The van der Waals surface area contributed by atoms with E-state index in [0.717, 1.165) is 40.3 Å². The lowest BCUT2D eigenvalue weighted by Crippen LogP contribution is -2.59. The van der Waals surface area contributed by atoms with Crippen molar-refractivity contribution in [2.75, 3.05) is 0 Å². The molecular weight excluding hydrogens is 927 g/mol. The third-order valence-corrected chi connectivity index (χ3v) is 11.8. The lowest BCUT2D eigenvalue weighted by molar-refractivity contribution is -0.155. The number of benzene rings is 6. The lowest BCUT2D eigenvalue weighted by atomic mass is 9.77. The van der Waals surface area contributed by atoms with Gasteiger partial charge in [0.2, 0.25) is 29.5 Å². The molecule has 3 atom stereocenters. The van der Waals surface area contributed by atoms with E-state index in [1.807, 2.05) is 182 Å². The van der Waals surface area contributed by atoms with Gasteiger partial charge in [-0.05, 0) is 60.6 Å². The van der Waals surface area contributed by atoms with Gasteiger partial charge in [0, 0.05) is 13.3 Å². The van der Waals surface area contributed by atoms with Crippen LogP contribution in [-0.2, 0) is 49.4 Å². The molecule has 16 heteroatoms. The SMILES string of the molecule is CC(=O)N[C@@H](CCC(=O)OC(C)(C)C)C(=O)N[C@@H](CC(=O)NNC(c1ccccc1)(c1ccccc1)c1ccccc1)C(=O)N[C@@H](CC(=O)NNC(c1ccccc1)(c1ccccc1)c1ccccc1)C(=O)O. The van der Waals surface area contributed by atoms with Gasteiger partial charge in [0.05, 0.1) is 12.8 Å². The average Bonchev–Trinajstić information content (AvgIpc) is 3.38. The Labute approximate surface area is 424 Å². The number of hydrazine groups is 2. The van der Waals surface area contributed by atoms with Gasteiger partial charge in [0.15, 0.2) is 0 Å². The second kappa shape index (κ2) is 25.1. The predicted molar refractivity (Wildman–Crippen MR) is 274 cm³/mol. The van der Waals surface area contributed by atoms with Crippen LogP contribution in [0.25, 0.3) is 0 Å². The fourth-order valence-electron chi connectivity index (χ4n) is 8.48. The number of hydrogen-bond acceptors (Lipinski definition) is 10. The topological polar surface area (TPSA) is 233 Å². The van der Waals surface area contributed by atoms with Crippen molar-refractivity contribution in [1.29, 1.82) is 0 Å². The van der Waals surface area contributed by atoms with E-state index in [4.69, 9.17) is 4.74 Å². The molecule has 5 amide bonds. The van der Waals surface area contributed by atoms with Gasteiger partial charge < -0.3 is 25.8 Å². The number of amides is 5. The Kier molecular flexibility index (Phi) is 18.5. The summed E-state index contributed by atoms with van der Waals surface area (Å²) in [6, 6.07) is 51.0. The number of carbonyl (C=O) groups excluding carboxylic acids is 6. The summed E-state index contributed by atoms with van der Waals surface area (Å²) < 4.78 is 5.40. The van der Waals surface area contributed by atoms with Crippen molar-refractivity contribution in [3.05, 3.63) is 215 Å². The van der Waals surface area contributed by atoms with Crippen LogP contribution >= 0.6 is 0 Å². The van der Waals surface area contributed by atoms with Gasteiger partial charge in [-0.25, -0.2) is 15.6 Å². The molecule has 6 aromatic carbocycles. The summed E-state index contributed by atoms with van der Waals surface area (Å²) in [4.78, 5) is 94.7. The van der Waals surface area contributed by atoms with E-state index < -0.39 is 89.1 Å². The minimum absolute atomic E-state index is 0.252. The van der Waals surface area contributed by atoms with Crippen LogP contribution in [-0.4, -0.2) is 70.3 Å². The number of hydrogen-bond donors (Lipinski definition) is 8. The third-order valence-electron chi connectivity index (χ3n) is 11.8. The Morgan fingerprint density at radius 1 is 0.452 bits per heavy atom. The fraction of sp³-hybridized carbons (Fsp3) is 0.246. The summed E-state index contributed by atoms with van der Waals surface area (Å²) in [5.74, 6) is -6.61. The fourth-order valence-corrected chi connectivity index (χ4v) is 8.48. The molecule has 0 fully saturated rings. The van der Waals surface area contributed by atoms with Crippen molar-refractivity contribution < 1.29 is 43.4 Å². The molecule has 0 bridgehead atoms. The first-order valence-electron chi connectivity index (χ1n) is 23.8. The molecule has 0 saturated carbocycles. The van der Waals surface area contributed by atoms with Crippen molar-refractivity contribution in [2.45, 2.75) is 88.2 Å². The molecule has 0 aromatic heterocycles. The summed E-state index contributed by atoms with van der Waals surface area (Å²) >= 11 is 0. The molecule has 73 heavy (non-hydrogen) atoms. The molecule has 16 nitrogen and oxygen atoms in total. The van der Waals surface area contributed by atoms with Gasteiger partial charge in [-0.15, -0.1) is 0 Å². The van der Waals surface area contributed by atoms with Gasteiger partial charge in [0.25, 0.3) is 0 Å². The van der Waals surface area contributed by atoms with E-state index in [-0.39, 0.29) is 12.8 Å². The van der Waals surface area contributed by atoms with Crippen LogP contribution in [0.2, 0.25) is 0 Å². The van der Waals surface area contributed by atoms with Gasteiger partial charge in [-0.1, -0.05) is 182 Å². The second-order valence-corrected chi connectivity index (χ2v) is 18.3. The van der Waals surface area contributed by atoms with Crippen LogP contribution in [0, 0.1) is 0 Å². The normalized spacial score (nSPS) is 12.7. The maximum atomic E-state index is 14.4. The molecule has 0 heterocycles. The van der Waals surface area contributed by atoms with Crippen LogP contribution < -0.4 is 37.7 Å². The van der Waals surface area contributed by atoms with E-state index in [9.17, 15) is 38.7 Å². The van der Waals surface area contributed by atoms with Gasteiger partial charge in [-0.2, -0.15) is 0 Å². The highest BCUT2D eigenvalue weighted by Gasteiger charge is 2.40. The van der Waals surface area contributed by atoms with Crippen molar-refractivity contribution in [3.63, 3.8) is 0 Å². The summed E-state index contributed by atoms with van der Waals surface area (Å²) in [5, 5.41) is 17.8. The van der Waals surface area contributed by atoms with E-state index in [0.29, 0.717) is 0 Å². The van der Waals surface area contributed by atoms with Crippen LogP contribution in [0.5, 0.6) is 0 Å². The number of esters is 1. The first-order chi connectivity index (χ1) is 35.0. The average molecular weight is 988 g/mol. The quantitative estimate of drug-likeness (QED) is 0.0221. The van der Waals surface area contributed by atoms with Crippen LogP contribution in [0.15, 0.2) is 182 Å². The number of ether oxygens (including phenoxy) is 1. The standard InChI is InChI=1S/C57H61N7O9/c1-39(65)58-46(35-36-51(68)73-55(2,3)4)52(69)59-47(37-49(66)61-63-56(40-23-11-5-12-24-40,41-25-13-6-14-26-41)42-27-15-7-16-28-42)53(70)60-48(54(71)72)38-50(67)62-64-57(43-29-17-8-18-30-43,44-31-19-9-20-32-44)45-33-21-10-22-34-45/h5-34,46-48,63-64H,35-38H2,1-4H3,(H,58,65)(H,59,69)(H,60,70)(H,61,66)(H,62,67)(H,71,72)/t46-,47-,48-/m0/s1. The highest BCUT2D eigenvalue weighted by atomic mass is 16.6. The predicted octanol–water partition coefficient (Wildman–Crippen LogP) is 5.67. The molecule has 0 spiro atoms. The maximum Gasteiger partial charge on any atom is 0.326 e. The first kappa shape index (κ1) is 53.9. The van der Waals surface area contributed by atoms with Crippen molar-refractivity contribution in [2.24, 2.45) is 0 Å². The van der Waals surface area contributed by atoms with E-state index in [1.165, 1.54) is 0 Å². The molecule has 6 aromatic rings. The zero-order valence-corrected chi connectivity index (χ0v) is 41.1. The summed E-state index contributed by atoms with van der Waals surface area (Å²) in [5.41, 5.74) is 13.1. The monoisotopic (exact) mass is 987 g/mol. The molecular formula is C57H61N7O9. The largest absolute Gasteiger partial charge is 0.480 e. The van der Waals surface area contributed by atoms with E-state index >= 15 is 0 Å². The smallest absolute Gasteiger partial charge is 0.326 e. The van der Waals surface area contributed by atoms with Crippen LogP contribution in [0.4, 0.5) is 0 Å². The zero-order chi connectivity index (χ0) is 52.4. The number of aliphatic carboxylic acids is 1. The molecule has 0 aliphatic rings. The zero-order valence-electron chi connectivity index (χ0n) is 41.1. The van der Waals surface area contributed by atoms with Crippen molar-refractivity contribution in [3.8, 4) is 0 Å². The third kappa shape index (κ3) is 14.3. The Morgan fingerprint density at radius 2 is 0.753 bits per heavy atom. The molecule has 0 aliphatic carbocycles. The number of carboxylic acid groups (broad SMARTS) is 1. The van der Waals surface area contributed by atoms with E-state index in [1.54, 1.807) is 20.8 Å². The molecule has 6 rings (SSSR count). The highest BCUT2D eigenvalue weighted by Crippen LogP contribution is 2.37. The van der Waals surface area contributed by atoms with Crippen LogP contribution in [0.3, 0.4) is 0 Å². The lowest BCUT2D eigenvalue weighted by Gasteiger charge is -2.37. The number of carboxylic acids is 1. The minimum Gasteiger partial charge on any atom is -0.480 e. The molecule has 8 N–H and O–H groups in total. The maximum absolute atomic E-state index is 14.4. The Hall–Kier alpha value is -8.47. The summed E-state index contributed by atoms with van der Waals surface area (Å²) in [7, 11) is 0. The summed E-state index contributed by atoms with van der Waals surface area (Å²) in [6.07, 6.45) is -2.12. The number of carbonyl (C=O) groups is 7. The molecule has 378 valence electrons. The van der Waals surface area contributed by atoms with Gasteiger partial charge in [-0.3, -0.25) is 39.6 Å². The second-order valence-electron chi connectivity index (χ2n) is 18.3. The first-order valence-corrected chi connectivity index (χ1v) is 23.8. The highest BCUT2D eigenvalue weighted by molar-refractivity contribution is 5.96.